The van der Waals surface area contributed by atoms with Gasteiger partial charge in [-0.25, -0.2) is 4.79 Å². The molecule has 0 bridgehead atoms. The SMILES string of the molecule is COC(=O)c1ccc(CI)s1. The lowest BCUT2D eigenvalue weighted by Crippen LogP contribution is -1.96. The number of hydrogen-bond acceptors (Lipinski definition) is 3. The molecular weight excluding hydrogens is 275 g/mol. The van der Waals surface area contributed by atoms with Crippen molar-refractivity contribution in [2.45, 2.75) is 4.43 Å². The number of rotatable bonds is 2. The molecule has 0 aromatic carbocycles. The van der Waals surface area contributed by atoms with E-state index in [0.717, 1.165) is 4.43 Å². The van der Waals surface area contributed by atoms with Crippen molar-refractivity contribution in [2.24, 2.45) is 0 Å². The maximum atomic E-state index is 10.9. The number of carbonyl (C=O) groups is 1. The molecule has 0 fully saturated rings. The minimum atomic E-state index is -0.244. The lowest BCUT2D eigenvalue weighted by molar-refractivity contribution is 0.0606. The van der Waals surface area contributed by atoms with Gasteiger partial charge in [-0.15, -0.1) is 11.3 Å². The van der Waals surface area contributed by atoms with E-state index in [2.05, 4.69) is 27.3 Å². The fraction of sp³-hybridized carbons (Fsp3) is 0.286. The van der Waals surface area contributed by atoms with Gasteiger partial charge in [-0.3, -0.25) is 0 Å². The number of ether oxygens (including phenoxy) is 1. The minimum absolute atomic E-state index is 0.244. The summed E-state index contributed by atoms with van der Waals surface area (Å²) >= 11 is 3.74. The molecule has 4 heteroatoms. The average molecular weight is 282 g/mol. The minimum Gasteiger partial charge on any atom is -0.465 e. The van der Waals surface area contributed by atoms with Gasteiger partial charge in [-0.05, 0) is 12.1 Å². The Labute approximate surface area is 82.7 Å². The second-order valence-electron chi connectivity index (χ2n) is 1.89. The van der Waals surface area contributed by atoms with Crippen LogP contribution in [-0.4, -0.2) is 13.1 Å². The average Bonchev–Trinajstić information content (AvgIpc) is 2.50. The summed E-state index contributed by atoms with van der Waals surface area (Å²) in [5.41, 5.74) is 0. The molecule has 0 saturated carbocycles. The van der Waals surface area contributed by atoms with Crippen molar-refractivity contribution in [3.8, 4) is 0 Å². The van der Waals surface area contributed by atoms with E-state index in [1.165, 1.54) is 23.3 Å². The summed E-state index contributed by atoms with van der Waals surface area (Å²) in [5.74, 6) is -0.244. The van der Waals surface area contributed by atoms with E-state index >= 15 is 0 Å². The summed E-state index contributed by atoms with van der Waals surface area (Å²) in [5, 5.41) is 0. The number of halogens is 1. The van der Waals surface area contributed by atoms with Crippen molar-refractivity contribution < 1.29 is 9.53 Å². The van der Waals surface area contributed by atoms with Gasteiger partial charge in [0.25, 0.3) is 0 Å². The van der Waals surface area contributed by atoms with E-state index < -0.39 is 0 Å². The first-order chi connectivity index (χ1) is 5.27. The van der Waals surface area contributed by atoms with Crippen molar-refractivity contribution in [3.05, 3.63) is 21.9 Å². The van der Waals surface area contributed by atoms with Gasteiger partial charge in [0, 0.05) is 9.30 Å². The van der Waals surface area contributed by atoms with E-state index in [0.29, 0.717) is 4.88 Å². The number of carbonyl (C=O) groups excluding carboxylic acids is 1. The maximum Gasteiger partial charge on any atom is 0.348 e. The van der Waals surface area contributed by atoms with Gasteiger partial charge in [0.15, 0.2) is 0 Å². The highest BCUT2D eigenvalue weighted by Crippen LogP contribution is 2.19. The third kappa shape index (κ3) is 2.16. The lowest BCUT2D eigenvalue weighted by atomic mass is 10.4. The Morgan fingerprint density at radius 2 is 2.45 bits per heavy atom. The molecule has 0 saturated heterocycles. The Balaban J connectivity index is 2.80. The molecule has 60 valence electrons. The topological polar surface area (TPSA) is 26.3 Å². The van der Waals surface area contributed by atoms with Crippen molar-refractivity contribution in [1.29, 1.82) is 0 Å². The quantitative estimate of drug-likeness (QED) is 0.473. The third-order valence-electron chi connectivity index (χ3n) is 1.18. The van der Waals surface area contributed by atoms with Gasteiger partial charge < -0.3 is 4.74 Å². The Morgan fingerprint density at radius 1 is 1.73 bits per heavy atom. The van der Waals surface area contributed by atoms with E-state index in [9.17, 15) is 4.79 Å². The Bertz CT molecular complexity index is 257. The van der Waals surface area contributed by atoms with Crippen LogP contribution >= 0.6 is 33.9 Å². The van der Waals surface area contributed by atoms with Crippen LogP contribution < -0.4 is 0 Å². The van der Waals surface area contributed by atoms with Crippen molar-refractivity contribution in [3.63, 3.8) is 0 Å². The summed E-state index contributed by atoms with van der Waals surface area (Å²) in [6.07, 6.45) is 0. The summed E-state index contributed by atoms with van der Waals surface area (Å²) in [6, 6.07) is 3.74. The van der Waals surface area contributed by atoms with E-state index in [1.54, 1.807) is 6.07 Å². The summed E-state index contributed by atoms with van der Waals surface area (Å²) in [7, 11) is 1.39. The molecule has 0 aliphatic heterocycles. The Kier molecular flexibility index (Phi) is 3.32. The van der Waals surface area contributed by atoms with E-state index in [4.69, 9.17) is 0 Å². The highest BCUT2D eigenvalue weighted by molar-refractivity contribution is 14.1. The zero-order valence-corrected chi connectivity index (χ0v) is 8.94. The Morgan fingerprint density at radius 3 is 2.91 bits per heavy atom. The van der Waals surface area contributed by atoms with Crippen LogP contribution in [0.1, 0.15) is 14.5 Å². The number of thiophene rings is 1. The standard InChI is InChI=1S/C7H7IO2S/c1-10-7(9)6-3-2-5(4-8)11-6/h2-3H,4H2,1H3. The van der Waals surface area contributed by atoms with Crippen LogP contribution in [0.5, 0.6) is 0 Å². The van der Waals surface area contributed by atoms with Crippen LogP contribution in [0.25, 0.3) is 0 Å². The fourth-order valence-electron chi connectivity index (χ4n) is 0.660. The molecule has 0 unspecified atom stereocenters. The van der Waals surface area contributed by atoms with Gasteiger partial charge in [-0.1, -0.05) is 22.6 Å². The first-order valence-electron chi connectivity index (χ1n) is 3.01. The molecular formula is C7H7IO2S. The number of hydrogen-bond donors (Lipinski definition) is 0. The third-order valence-corrected chi connectivity index (χ3v) is 3.58. The predicted molar refractivity (Wildman–Crippen MR) is 53.4 cm³/mol. The van der Waals surface area contributed by atoms with Crippen LogP contribution in [0, 0.1) is 0 Å². The normalized spacial score (nSPS) is 9.64. The molecule has 0 aliphatic rings. The number of esters is 1. The zero-order chi connectivity index (χ0) is 8.27. The van der Waals surface area contributed by atoms with Crippen molar-refractivity contribution in [2.75, 3.05) is 7.11 Å². The van der Waals surface area contributed by atoms with Gasteiger partial charge in [0.05, 0.1) is 7.11 Å². The van der Waals surface area contributed by atoms with E-state index in [-0.39, 0.29) is 5.97 Å². The maximum absolute atomic E-state index is 10.9. The molecule has 0 spiro atoms. The van der Waals surface area contributed by atoms with Crippen LogP contribution in [0.4, 0.5) is 0 Å². The summed E-state index contributed by atoms with van der Waals surface area (Å²) in [6.45, 7) is 0. The molecule has 1 aromatic heterocycles. The fourth-order valence-corrected chi connectivity index (χ4v) is 2.16. The Hall–Kier alpha value is -0.100. The highest BCUT2D eigenvalue weighted by Gasteiger charge is 2.07. The smallest absolute Gasteiger partial charge is 0.348 e. The number of alkyl halides is 1. The second-order valence-corrected chi connectivity index (χ2v) is 3.82. The monoisotopic (exact) mass is 282 g/mol. The van der Waals surface area contributed by atoms with Gasteiger partial charge in [-0.2, -0.15) is 0 Å². The summed E-state index contributed by atoms with van der Waals surface area (Å²) < 4.78 is 5.51. The van der Waals surface area contributed by atoms with Gasteiger partial charge >= 0.3 is 5.97 Å². The molecule has 0 N–H and O–H groups in total. The van der Waals surface area contributed by atoms with Crippen molar-refractivity contribution >= 4 is 39.9 Å². The first kappa shape index (κ1) is 8.99. The molecule has 2 nitrogen and oxygen atoms in total. The molecule has 1 heterocycles. The van der Waals surface area contributed by atoms with Crippen molar-refractivity contribution in [1.82, 2.24) is 0 Å². The van der Waals surface area contributed by atoms with Crippen LogP contribution in [0.3, 0.4) is 0 Å². The van der Waals surface area contributed by atoms with Crippen LogP contribution in [0.15, 0.2) is 12.1 Å². The van der Waals surface area contributed by atoms with Gasteiger partial charge in [0.1, 0.15) is 4.88 Å². The molecule has 1 rings (SSSR count). The molecule has 1 aromatic rings. The second kappa shape index (κ2) is 4.06. The molecule has 0 atom stereocenters. The number of methoxy groups -OCH3 is 1. The molecule has 0 amide bonds. The van der Waals surface area contributed by atoms with E-state index in [1.807, 2.05) is 6.07 Å². The summed E-state index contributed by atoms with van der Waals surface area (Å²) in [4.78, 5) is 12.8. The highest BCUT2D eigenvalue weighted by atomic mass is 127. The lowest BCUT2D eigenvalue weighted by Gasteiger charge is -1.91. The molecule has 0 aliphatic carbocycles. The van der Waals surface area contributed by atoms with Crippen LogP contribution in [0.2, 0.25) is 0 Å². The first-order valence-corrected chi connectivity index (χ1v) is 5.35. The largest absolute Gasteiger partial charge is 0.465 e. The van der Waals surface area contributed by atoms with Gasteiger partial charge in [0.2, 0.25) is 0 Å². The molecule has 11 heavy (non-hydrogen) atoms. The van der Waals surface area contributed by atoms with Crippen LogP contribution in [-0.2, 0) is 9.16 Å². The molecule has 0 radical (unpaired) electrons. The predicted octanol–water partition coefficient (Wildman–Crippen LogP) is 2.47. The zero-order valence-electron chi connectivity index (χ0n) is 5.96.